The number of hydrogen-bond donors (Lipinski definition) is 0. The molecule has 0 radical (unpaired) electrons. The summed E-state index contributed by atoms with van der Waals surface area (Å²) in [6.45, 7) is 0.995. The van der Waals surface area contributed by atoms with Crippen LogP contribution in [0.3, 0.4) is 0 Å². The van der Waals surface area contributed by atoms with Crippen LogP contribution in [-0.2, 0) is 11.2 Å². The standard InChI is InChI=1S/C19H21NO3/c1-20(19(21)12-11-15-7-3-2-4-8-15)13-16-14-22-17-9-5-6-10-18(17)23-16/h2-10,16H,11-14H2,1H3. The van der Waals surface area contributed by atoms with Crippen LogP contribution in [0.1, 0.15) is 12.0 Å². The minimum atomic E-state index is -0.129. The second-order valence-electron chi connectivity index (χ2n) is 5.76. The third-order valence-electron chi connectivity index (χ3n) is 3.94. The molecule has 1 atom stereocenters. The lowest BCUT2D eigenvalue weighted by Gasteiger charge is -2.29. The molecule has 1 heterocycles. The SMILES string of the molecule is CN(CC1COc2ccccc2O1)C(=O)CCc1ccccc1. The molecule has 2 aromatic rings. The first-order valence-corrected chi connectivity index (χ1v) is 7.89. The zero-order valence-electron chi connectivity index (χ0n) is 13.3. The molecule has 1 amide bonds. The first-order chi connectivity index (χ1) is 11.2. The largest absolute Gasteiger partial charge is 0.486 e. The van der Waals surface area contributed by atoms with Gasteiger partial charge >= 0.3 is 0 Å². The van der Waals surface area contributed by atoms with E-state index in [9.17, 15) is 4.79 Å². The Morgan fingerprint density at radius 2 is 1.78 bits per heavy atom. The van der Waals surface area contributed by atoms with Crippen molar-refractivity contribution in [2.45, 2.75) is 18.9 Å². The highest BCUT2D eigenvalue weighted by atomic mass is 16.6. The monoisotopic (exact) mass is 311 g/mol. The van der Waals surface area contributed by atoms with Crippen LogP contribution in [0, 0.1) is 0 Å². The number of rotatable bonds is 5. The minimum Gasteiger partial charge on any atom is -0.486 e. The van der Waals surface area contributed by atoms with Crippen molar-refractivity contribution >= 4 is 5.91 Å². The summed E-state index contributed by atoms with van der Waals surface area (Å²) in [5.41, 5.74) is 1.18. The highest BCUT2D eigenvalue weighted by molar-refractivity contribution is 5.76. The Balaban J connectivity index is 1.49. The highest BCUT2D eigenvalue weighted by Crippen LogP contribution is 2.30. The molecule has 120 valence electrons. The number of aryl methyl sites for hydroxylation is 1. The van der Waals surface area contributed by atoms with Gasteiger partial charge < -0.3 is 14.4 Å². The van der Waals surface area contributed by atoms with Crippen LogP contribution < -0.4 is 9.47 Å². The summed E-state index contributed by atoms with van der Waals surface area (Å²) in [6.07, 6.45) is 1.13. The van der Waals surface area contributed by atoms with Crippen molar-refractivity contribution in [3.8, 4) is 11.5 Å². The molecule has 0 N–H and O–H groups in total. The summed E-state index contributed by atoms with van der Waals surface area (Å²) in [5.74, 6) is 1.63. The van der Waals surface area contributed by atoms with Gasteiger partial charge in [0.1, 0.15) is 6.61 Å². The van der Waals surface area contributed by atoms with Crippen molar-refractivity contribution in [1.82, 2.24) is 4.90 Å². The van der Waals surface area contributed by atoms with Gasteiger partial charge in [0.05, 0.1) is 6.54 Å². The summed E-state index contributed by atoms with van der Waals surface area (Å²) < 4.78 is 11.6. The van der Waals surface area contributed by atoms with Crippen LogP contribution in [-0.4, -0.2) is 37.1 Å². The summed E-state index contributed by atoms with van der Waals surface area (Å²) in [6, 6.07) is 17.7. The maximum atomic E-state index is 12.3. The maximum Gasteiger partial charge on any atom is 0.222 e. The minimum absolute atomic E-state index is 0.122. The fraction of sp³-hybridized carbons (Fsp3) is 0.316. The second kappa shape index (κ2) is 7.18. The fourth-order valence-electron chi connectivity index (χ4n) is 2.65. The molecule has 1 unspecified atom stereocenters. The van der Waals surface area contributed by atoms with Crippen molar-refractivity contribution < 1.29 is 14.3 Å². The topological polar surface area (TPSA) is 38.8 Å². The van der Waals surface area contributed by atoms with Crippen molar-refractivity contribution in [2.24, 2.45) is 0 Å². The Morgan fingerprint density at radius 3 is 2.57 bits per heavy atom. The van der Waals surface area contributed by atoms with E-state index in [1.54, 1.807) is 4.90 Å². The van der Waals surface area contributed by atoms with Gasteiger partial charge in [0.2, 0.25) is 5.91 Å². The molecule has 0 saturated heterocycles. The Bertz CT molecular complexity index is 657. The number of carbonyl (C=O) groups excluding carboxylic acids is 1. The van der Waals surface area contributed by atoms with Gasteiger partial charge in [0.25, 0.3) is 0 Å². The van der Waals surface area contributed by atoms with Gasteiger partial charge in [0.15, 0.2) is 17.6 Å². The van der Waals surface area contributed by atoms with Gasteiger partial charge in [0, 0.05) is 13.5 Å². The normalized spacial score (nSPS) is 16.0. The third kappa shape index (κ3) is 4.03. The molecule has 0 aromatic heterocycles. The zero-order valence-corrected chi connectivity index (χ0v) is 13.3. The van der Waals surface area contributed by atoms with Crippen LogP contribution in [0.15, 0.2) is 54.6 Å². The van der Waals surface area contributed by atoms with E-state index in [1.165, 1.54) is 5.56 Å². The van der Waals surface area contributed by atoms with Gasteiger partial charge in [-0.3, -0.25) is 4.79 Å². The third-order valence-corrected chi connectivity index (χ3v) is 3.94. The van der Waals surface area contributed by atoms with E-state index in [0.29, 0.717) is 19.6 Å². The molecule has 0 saturated carbocycles. The molecule has 23 heavy (non-hydrogen) atoms. The van der Waals surface area contributed by atoms with Crippen LogP contribution in [0.25, 0.3) is 0 Å². The van der Waals surface area contributed by atoms with Gasteiger partial charge in [-0.25, -0.2) is 0 Å². The average molecular weight is 311 g/mol. The number of para-hydroxylation sites is 2. The van der Waals surface area contributed by atoms with Crippen LogP contribution >= 0.6 is 0 Å². The molecular weight excluding hydrogens is 290 g/mol. The van der Waals surface area contributed by atoms with Crippen LogP contribution in [0.2, 0.25) is 0 Å². The first-order valence-electron chi connectivity index (χ1n) is 7.89. The van der Waals surface area contributed by atoms with E-state index in [1.807, 2.05) is 61.6 Å². The molecule has 4 nitrogen and oxygen atoms in total. The van der Waals surface area contributed by atoms with Gasteiger partial charge in [-0.05, 0) is 24.1 Å². The predicted octanol–water partition coefficient (Wildman–Crippen LogP) is 2.92. The van der Waals surface area contributed by atoms with Gasteiger partial charge in [-0.2, -0.15) is 0 Å². The molecule has 1 aliphatic rings. The van der Waals surface area contributed by atoms with Gasteiger partial charge in [-0.15, -0.1) is 0 Å². The van der Waals surface area contributed by atoms with E-state index in [0.717, 1.165) is 17.9 Å². The summed E-state index contributed by atoms with van der Waals surface area (Å²) in [4.78, 5) is 14.0. The molecule has 1 aliphatic heterocycles. The van der Waals surface area contributed by atoms with E-state index in [2.05, 4.69) is 0 Å². The van der Waals surface area contributed by atoms with Crippen LogP contribution in [0.5, 0.6) is 11.5 Å². The second-order valence-corrected chi connectivity index (χ2v) is 5.76. The van der Waals surface area contributed by atoms with E-state index < -0.39 is 0 Å². The molecule has 3 rings (SSSR count). The molecule has 0 fully saturated rings. The lowest BCUT2D eigenvalue weighted by molar-refractivity contribution is -0.131. The summed E-state index contributed by atoms with van der Waals surface area (Å²) in [7, 11) is 1.82. The molecular formula is C19H21NO3. The fourth-order valence-corrected chi connectivity index (χ4v) is 2.65. The Labute approximate surface area is 136 Å². The van der Waals surface area contributed by atoms with Crippen molar-refractivity contribution in [2.75, 3.05) is 20.2 Å². The lowest BCUT2D eigenvalue weighted by atomic mass is 10.1. The van der Waals surface area contributed by atoms with Crippen LogP contribution in [0.4, 0.5) is 0 Å². The Kier molecular flexibility index (Phi) is 4.81. The molecule has 2 aromatic carbocycles. The summed E-state index contributed by atoms with van der Waals surface area (Å²) >= 11 is 0. The Hall–Kier alpha value is -2.49. The van der Waals surface area contributed by atoms with E-state index in [4.69, 9.17) is 9.47 Å². The smallest absolute Gasteiger partial charge is 0.222 e. The number of ether oxygens (including phenoxy) is 2. The molecule has 0 spiro atoms. The quantitative estimate of drug-likeness (QED) is 0.852. The zero-order chi connectivity index (χ0) is 16.1. The molecule has 4 heteroatoms. The average Bonchev–Trinajstić information content (AvgIpc) is 2.60. The lowest BCUT2D eigenvalue weighted by Crippen LogP contribution is -2.41. The number of likely N-dealkylation sites (N-methyl/N-ethyl adjacent to an activating group) is 1. The Morgan fingerprint density at radius 1 is 1.09 bits per heavy atom. The summed E-state index contributed by atoms with van der Waals surface area (Å²) in [5, 5.41) is 0. The van der Waals surface area contributed by atoms with E-state index in [-0.39, 0.29) is 12.0 Å². The van der Waals surface area contributed by atoms with Crippen molar-refractivity contribution in [3.63, 3.8) is 0 Å². The van der Waals surface area contributed by atoms with Crippen molar-refractivity contribution in [1.29, 1.82) is 0 Å². The number of benzene rings is 2. The van der Waals surface area contributed by atoms with Crippen molar-refractivity contribution in [3.05, 3.63) is 60.2 Å². The molecule has 0 aliphatic carbocycles. The number of carbonyl (C=O) groups is 1. The van der Waals surface area contributed by atoms with Gasteiger partial charge in [-0.1, -0.05) is 42.5 Å². The molecule has 0 bridgehead atoms. The highest BCUT2D eigenvalue weighted by Gasteiger charge is 2.23. The first kappa shape index (κ1) is 15.4. The number of nitrogens with zero attached hydrogens (tertiary/aromatic N) is 1. The maximum absolute atomic E-state index is 12.3. The number of fused-ring (bicyclic) bond motifs is 1. The predicted molar refractivity (Wildman–Crippen MR) is 88.8 cm³/mol. The van der Waals surface area contributed by atoms with E-state index >= 15 is 0 Å². The number of hydrogen-bond acceptors (Lipinski definition) is 3. The number of amides is 1.